The van der Waals surface area contributed by atoms with Crippen LogP contribution in [0, 0.1) is 5.92 Å². The highest BCUT2D eigenvalue weighted by atomic mass is 15.0. The number of fused-ring (bicyclic) bond motifs is 6. The third-order valence-electron chi connectivity index (χ3n) is 8.69. The number of aromatic amines is 1. The molecule has 0 fully saturated rings. The van der Waals surface area contributed by atoms with Gasteiger partial charge in [0, 0.05) is 39.7 Å². The number of hydrogen-bond acceptors (Lipinski definition) is 0. The van der Waals surface area contributed by atoms with Crippen molar-refractivity contribution in [1.29, 1.82) is 0 Å². The minimum atomic E-state index is 0.376. The second kappa shape index (κ2) is 8.63. The van der Waals surface area contributed by atoms with Gasteiger partial charge in [0.05, 0.1) is 11.0 Å². The van der Waals surface area contributed by atoms with Crippen LogP contribution in [0.1, 0.15) is 46.8 Å². The molecule has 38 heavy (non-hydrogen) atoms. The van der Waals surface area contributed by atoms with Crippen LogP contribution in [0.4, 0.5) is 0 Å². The second-order valence-corrected chi connectivity index (χ2v) is 10.9. The minimum Gasteiger partial charge on any atom is -0.358 e. The largest absolute Gasteiger partial charge is 0.358 e. The van der Waals surface area contributed by atoms with Crippen molar-refractivity contribution >= 4 is 34.0 Å². The molecule has 0 saturated heterocycles. The number of nitrogens with one attached hydrogen (secondary N) is 1. The molecule has 2 aromatic heterocycles. The Morgan fingerprint density at radius 3 is 2.45 bits per heavy atom. The molecule has 8 rings (SSSR count). The lowest BCUT2D eigenvalue weighted by molar-refractivity contribution is 0.735. The van der Waals surface area contributed by atoms with E-state index in [2.05, 4.69) is 125 Å². The zero-order valence-electron chi connectivity index (χ0n) is 21.4. The molecule has 0 aliphatic heterocycles. The summed E-state index contributed by atoms with van der Waals surface area (Å²) in [6.45, 7) is 0. The Morgan fingerprint density at radius 2 is 1.55 bits per heavy atom. The molecular weight excluding hydrogens is 460 g/mol. The highest BCUT2D eigenvalue weighted by Crippen LogP contribution is 2.40. The summed E-state index contributed by atoms with van der Waals surface area (Å²) in [4.78, 5) is 3.78. The van der Waals surface area contributed by atoms with Crippen molar-refractivity contribution in [2.24, 2.45) is 5.92 Å². The van der Waals surface area contributed by atoms with E-state index in [1.165, 1.54) is 74.0 Å². The van der Waals surface area contributed by atoms with Gasteiger partial charge in [0.1, 0.15) is 0 Å². The Hall–Kier alpha value is -4.30. The number of aromatic nitrogens is 2. The fourth-order valence-corrected chi connectivity index (χ4v) is 6.80. The van der Waals surface area contributed by atoms with E-state index in [0.717, 1.165) is 12.8 Å². The van der Waals surface area contributed by atoms with Gasteiger partial charge < -0.3 is 9.55 Å². The molecule has 3 aromatic carbocycles. The molecule has 2 heterocycles. The van der Waals surface area contributed by atoms with Gasteiger partial charge in [-0.15, -0.1) is 0 Å². The Morgan fingerprint density at radius 1 is 0.711 bits per heavy atom. The average Bonchev–Trinajstić information content (AvgIpc) is 3.52. The van der Waals surface area contributed by atoms with E-state index in [4.69, 9.17) is 0 Å². The quantitative estimate of drug-likeness (QED) is 0.261. The van der Waals surface area contributed by atoms with E-state index in [1.54, 1.807) is 0 Å². The molecule has 184 valence electrons. The summed E-state index contributed by atoms with van der Waals surface area (Å²) in [7, 11) is 0. The molecule has 3 aliphatic carbocycles. The first-order valence-corrected chi connectivity index (χ1v) is 13.9. The van der Waals surface area contributed by atoms with Gasteiger partial charge in [-0.2, -0.15) is 0 Å². The third kappa shape index (κ3) is 3.40. The number of rotatable bonds is 3. The average molecular weight is 491 g/mol. The highest BCUT2D eigenvalue weighted by Gasteiger charge is 2.26. The molecule has 1 N–H and O–H groups in total. The van der Waals surface area contributed by atoms with E-state index >= 15 is 0 Å². The predicted octanol–water partition coefficient (Wildman–Crippen LogP) is 8.93. The van der Waals surface area contributed by atoms with Crippen molar-refractivity contribution in [1.82, 2.24) is 9.55 Å². The maximum Gasteiger partial charge on any atom is 0.0541 e. The molecule has 0 bridgehead atoms. The minimum absolute atomic E-state index is 0.376. The fourth-order valence-electron chi connectivity index (χ4n) is 6.80. The van der Waals surface area contributed by atoms with Crippen LogP contribution in [0.3, 0.4) is 0 Å². The Bertz CT molecular complexity index is 1820. The maximum absolute atomic E-state index is 3.78. The second-order valence-electron chi connectivity index (χ2n) is 10.9. The highest BCUT2D eigenvalue weighted by molar-refractivity contribution is 6.09. The summed E-state index contributed by atoms with van der Waals surface area (Å²) in [5, 5.41) is 2.64. The third-order valence-corrected chi connectivity index (χ3v) is 8.69. The van der Waals surface area contributed by atoms with Gasteiger partial charge in [0.25, 0.3) is 0 Å². The summed E-state index contributed by atoms with van der Waals surface area (Å²) in [6, 6.07) is 26.6. The molecule has 0 spiro atoms. The smallest absolute Gasteiger partial charge is 0.0541 e. The van der Waals surface area contributed by atoms with Crippen LogP contribution in [0.5, 0.6) is 0 Å². The van der Waals surface area contributed by atoms with Crippen LogP contribution in [0.25, 0.3) is 39.6 Å². The molecule has 0 radical (unpaired) electrons. The van der Waals surface area contributed by atoms with Crippen molar-refractivity contribution in [3.8, 4) is 5.69 Å². The number of benzene rings is 3. The number of allylic oxidation sites excluding steroid dienone is 6. The van der Waals surface area contributed by atoms with E-state index in [-0.39, 0.29) is 0 Å². The van der Waals surface area contributed by atoms with E-state index in [1.807, 2.05) is 0 Å². The topological polar surface area (TPSA) is 20.7 Å². The van der Waals surface area contributed by atoms with Crippen LogP contribution in [0.2, 0.25) is 0 Å². The predicted molar refractivity (Wildman–Crippen MR) is 160 cm³/mol. The van der Waals surface area contributed by atoms with Crippen molar-refractivity contribution in [2.75, 3.05) is 0 Å². The van der Waals surface area contributed by atoms with Crippen molar-refractivity contribution < 1.29 is 0 Å². The van der Waals surface area contributed by atoms with Gasteiger partial charge in [-0.25, -0.2) is 0 Å². The number of para-hydroxylation sites is 2. The normalized spacial score (nSPS) is 20.1. The van der Waals surface area contributed by atoms with Crippen LogP contribution in [-0.2, 0) is 12.8 Å². The van der Waals surface area contributed by atoms with Crippen LogP contribution in [-0.4, -0.2) is 9.55 Å². The maximum atomic E-state index is 3.78. The first-order chi connectivity index (χ1) is 18.8. The lowest BCUT2D eigenvalue weighted by atomic mass is 9.82. The molecule has 5 aromatic rings. The monoisotopic (exact) mass is 490 g/mol. The number of nitrogens with zero attached hydrogens (tertiary/aromatic N) is 1. The molecule has 2 unspecified atom stereocenters. The van der Waals surface area contributed by atoms with Gasteiger partial charge in [-0.05, 0) is 84.4 Å². The summed E-state index contributed by atoms with van der Waals surface area (Å²) in [6.07, 6.45) is 21.0. The van der Waals surface area contributed by atoms with Crippen molar-refractivity contribution in [3.63, 3.8) is 0 Å². The summed E-state index contributed by atoms with van der Waals surface area (Å²) >= 11 is 0. The molecule has 2 heteroatoms. The molecule has 0 amide bonds. The van der Waals surface area contributed by atoms with Crippen molar-refractivity contribution in [3.05, 3.63) is 137 Å². The fraction of sp³-hybridized carbons (Fsp3) is 0.167. The first-order valence-electron chi connectivity index (χ1n) is 13.9. The van der Waals surface area contributed by atoms with Gasteiger partial charge in [-0.1, -0.05) is 78.9 Å². The van der Waals surface area contributed by atoms with Gasteiger partial charge in [-0.3, -0.25) is 0 Å². The Kier molecular flexibility index (Phi) is 4.94. The Balaban J connectivity index is 1.16. The zero-order valence-corrected chi connectivity index (χ0v) is 21.4. The molecule has 3 aliphatic rings. The van der Waals surface area contributed by atoms with Crippen molar-refractivity contribution in [2.45, 2.75) is 31.6 Å². The molecular formula is C36H30N2. The first kappa shape index (κ1) is 21.8. The van der Waals surface area contributed by atoms with Crippen LogP contribution >= 0.6 is 0 Å². The van der Waals surface area contributed by atoms with Crippen LogP contribution in [0.15, 0.2) is 109 Å². The van der Waals surface area contributed by atoms with E-state index in [0.29, 0.717) is 11.8 Å². The zero-order chi connectivity index (χ0) is 25.1. The van der Waals surface area contributed by atoms with Gasteiger partial charge in [0.15, 0.2) is 0 Å². The van der Waals surface area contributed by atoms with Crippen LogP contribution < -0.4 is 0 Å². The standard InChI is InChI=1S/C36H30N2/c1-3-9-24(10-4-1)27-15-18-29-31-21-25(16-19-33(31)37-34(29)23-27)26-17-20-36-32(22-26)30-13-7-8-14-35(30)38(36)28-11-5-2-6-12-28/h2-3,5-20,22,25,27,37H,1,4,21,23H2. The lowest BCUT2D eigenvalue weighted by Crippen LogP contribution is -2.10. The summed E-state index contributed by atoms with van der Waals surface area (Å²) < 4.78 is 2.39. The lowest BCUT2D eigenvalue weighted by Gasteiger charge is -2.21. The van der Waals surface area contributed by atoms with E-state index < -0.39 is 0 Å². The van der Waals surface area contributed by atoms with E-state index in [9.17, 15) is 0 Å². The summed E-state index contributed by atoms with van der Waals surface area (Å²) in [5.74, 6) is 0.865. The molecule has 2 atom stereocenters. The SMILES string of the molecule is C1=CC(C2C=Cc3c([nH]c4c3CC(c3ccc5c(c3)c3ccccc3n5-c3ccccc3)C=C4)C2)=CCC1. The van der Waals surface area contributed by atoms with Gasteiger partial charge in [0.2, 0.25) is 0 Å². The summed E-state index contributed by atoms with van der Waals surface area (Å²) in [5.41, 5.74) is 12.2. The van der Waals surface area contributed by atoms with Gasteiger partial charge >= 0.3 is 0 Å². The number of H-pyrrole nitrogens is 1. The molecule has 2 nitrogen and oxygen atoms in total. The number of hydrogen-bond donors (Lipinski definition) is 1. The Labute approximate surface area is 223 Å². The molecule has 0 saturated carbocycles.